The van der Waals surface area contributed by atoms with Crippen LogP contribution in [-0.2, 0) is 14.8 Å². The van der Waals surface area contributed by atoms with Crippen LogP contribution in [0, 0.1) is 6.92 Å². The number of rotatable bonds is 7. The van der Waals surface area contributed by atoms with Gasteiger partial charge >= 0.3 is 0 Å². The molecule has 1 aliphatic heterocycles. The summed E-state index contributed by atoms with van der Waals surface area (Å²) < 4.78 is 38.6. The molecule has 178 valence electrons. The van der Waals surface area contributed by atoms with E-state index in [1.807, 2.05) is 0 Å². The standard InChI is InChI=1S/C23H25N5O5S/c1-16-25-23(27-33-16)17-9-11-19(12-10-17)32-15-22(29)26-18-6-5-7-20(14-18)34(30,31)28-21-8-3-2-4-13-24-21/h5-7,9-12,14H,2-4,8,13,15H2,1H3,(H,24,28)(H,26,29). The third-order valence-electron chi connectivity index (χ3n) is 5.06. The van der Waals surface area contributed by atoms with Crippen molar-refractivity contribution in [2.45, 2.75) is 37.5 Å². The summed E-state index contributed by atoms with van der Waals surface area (Å²) >= 11 is 0. The molecule has 0 radical (unpaired) electrons. The lowest BCUT2D eigenvalue weighted by molar-refractivity contribution is -0.118. The Bertz CT molecular complexity index is 1290. The van der Waals surface area contributed by atoms with Crippen LogP contribution < -0.4 is 14.8 Å². The fourth-order valence-electron chi connectivity index (χ4n) is 3.38. The minimum atomic E-state index is -3.80. The zero-order valence-corrected chi connectivity index (χ0v) is 19.5. The fourth-order valence-corrected chi connectivity index (χ4v) is 4.51. The van der Waals surface area contributed by atoms with Gasteiger partial charge in [0, 0.05) is 31.1 Å². The number of nitrogens with zero attached hydrogens (tertiary/aromatic N) is 3. The highest BCUT2D eigenvalue weighted by Crippen LogP contribution is 2.20. The van der Waals surface area contributed by atoms with E-state index in [0.29, 0.717) is 42.0 Å². The molecule has 0 aliphatic carbocycles. The number of carbonyl (C=O) groups is 1. The molecule has 3 aromatic rings. The number of anilines is 1. The molecule has 4 rings (SSSR count). The zero-order chi connectivity index (χ0) is 24.0. The summed E-state index contributed by atoms with van der Waals surface area (Å²) in [6, 6.07) is 13.0. The zero-order valence-electron chi connectivity index (χ0n) is 18.7. The van der Waals surface area contributed by atoms with Crippen LogP contribution in [0.15, 0.2) is 62.9 Å². The van der Waals surface area contributed by atoms with Crippen LogP contribution in [0.3, 0.4) is 0 Å². The molecule has 34 heavy (non-hydrogen) atoms. The minimum Gasteiger partial charge on any atom is -0.484 e. The molecular formula is C23H25N5O5S. The second-order valence-corrected chi connectivity index (χ2v) is 9.45. The first-order valence-corrected chi connectivity index (χ1v) is 12.4. The Morgan fingerprint density at radius 2 is 1.94 bits per heavy atom. The molecule has 1 aliphatic rings. The first-order valence-electron chi connectivity index (χ1n) is 10.9. The summed E-state index contributed by atoms with van der Waals surface area (Å²) in [5, 5.41) is 6.51. The maximum Gasteiger partial charge on any atom is 0.262 e. The van der Waals surface area contributed by atoms with Crippen molar-refractivity contribution >= 4 is 27.5 Å². The second kappa shape index (κ2) is 10.5. The Hall–Kier alpha value is -3.73. The summed E-state index contributed by atoms with van der Waals surface area (Å²) in [6.07, 6.45) is 3.48. The molecule has 10 nitrogen and oxygen atoms in total. The summed E-state index contributed by atoms with van der Waals surface area (Å²) in [4.78, 5) is 20.9. The van der Waals surface area contributed by atoms with Crippen LogP contribution in [-0.4, -0.2) is 43.5 Å². The van der Waals surface area contributed by atoms with Gasteiger partial charge < -0.3 is 14.6 Å². The Morgan fingerprint density at radius 3 is 2.71 bits per heavy atom. The van der Waals surface area contributed by atoms with Gasteiger partial charge in [-0.3, -0.25) is 14.5 Å². The molecule has 0 fully saturated rings. The van der Waals surface area contributed by atoms with Crippen molar-refractivity contribution in [3.63, 3.8) is 0 Å². The van der Waals surface area contributed by atoms with Gasteiger partial charge in [-0.15, -0.1) is 0 Å². The summed E-state index contributed by atoms with van der Waals surface area (Å²) in [6.45, 7) is 2.08. The lowest BCUT2D eigenvalue weighted by Crippen LogP contribution is -2.30. The monoisotopic (exact) mass is 483 g/mol. The average Bonchev–Trinajstić information content (AvgIpc) is 3.10. The van der Waals surface area contributed by atoms with Crippen molar-refractivity contribution in [1.82, 2.24) is 14.9 Å². The van der Waals surface area contributed by atoms with Crippen molar-refractivity contribution in [2.75, 3.05) is 18.5 Å². The van der Waals surface area contributed by atoms with E-state index in [1.54, 1.807) is 43.3 Å². The van der Waals surface area contributed by atoms with Gasteiger partial charge in [0.05, 0.1) is 4.90 Å². The lowest BCUT2D eigenvalue weighted by Gasteiger charge is -2.12. The number of hydrogen-bond acceptors (Lipinski definition) is 8. The van der Waals surface area contributed by atoms with E-state index in [0.717, 1.165) is 24.8 Å². The first-order chi connectivity index (χ1) is 16.4. The van der Waals surface area contributed by atoms with Crippen LogP contribution >= 0.6 is 0 Å². The number of sulfonamides is 1. The van der Waals surface area contributed by atoms with E-state index < -0.39 is 15.9 Å². The topological polar surface area (TPSA) is 136 Å². The molecule has 0 spiro atoms. The third kappa shape index (κ3) is 6.19. The molecule has 2 heterocycles. The molecular weight excluding hydrogens is 458 g/mol. The quantitative estimate of drug-likeness (QED) is 0.526. The van der Waals surface area contributed by atoms with Gasteiger partial charge in [0.2, 0.25) is 11.7 Å². The molecule has 1 aromatic heterocycles. The first kappa shape index (κ1) is 23.4. The molecule has 2 N–H and O–H groups in total. The van der Waals surface area contributed by atoms with Crippen molar-refractivity contribution in [1.29, 1.82) is 0 Å². The largest absolute Gasteiger partial charge is 0.484 e. The van der Waals surface area contributed by atoms with Crippen molar-refractivity contribution in [2.24, 2.45) is 4.99 Å². The molecule has 0 saturated carbocycles. The number of nitrogens with one attached hydrogen (secondary N) is 2. The minimum absolute atomic E-state index is 0.0467. The van der Waals surface area contributed by atoms with Gasteiger partial charge in [0.25, 0.3) is 15.9 Å². The van der Waals surface area contributed by atoms with Gasteiger partial charge in [-0.1, -0.05) is 17.6 Å². The number of benzene rings is 2. The van der Waals surface area contributed by atoms with E-state index in [9.17, 15) is 13.2 Å². The lowest BCUT2D eigenvalue weighted by atomic mass is 10.2. The van der Waals surface area contributed by atoms with E-state index >= 15 is 0 Å². The number of aryl methyl sites for hydroxylation is 1. The highest BCUT2D eigenvalue weighted by atomic mass is 32.2. The molecule has 0 atom stereocenters. The number of ether oxygens (including phenoxy) is 1. The molecule has 0 bridgehead atoms. The van der Waals surface area contributed by atoms with E-state index in [-0.39, 0.29) is 11.5 Å². The highest BCUT2D eigenvalue weighted by molar-refractivity contribution is 7.90. The maximum absolute atomic E-state index is 12.7. The van der Waals surface area contributed by atoms with Crippen LogP contribution in [0.25, 0.3) is 11.4 Å². The molecule has 11 heteroatoms. The number of amides is 1. The van der Waals surface area contributed by atoms with Gasteiger partial charge in [-0.2, -0.15) is 4.98 Å². The average molecular weight is 484 g/mol. The van der Waals surface area contributed by atoms with Crippen molar-refractivity contribution in [3.05, 3.63) is 54.4 Å². The molecule has 0 saturated heterocycles. The van der Waals surface area contributed by atoms with Crippen LogP contribution in [0.2, 0.25) is 0 Å². The van der Waals surface area contributed by atoms with Crippen LogP contribution in [0.5, 0.6) is 5.75 Å². The smallest absolute Gasteiger partial charge is 0.262 e. The predicted molar refractivity (Wildman–Crippen MR) is 126 cm³/mol. The summed E-state index contributed by atoms with van der Waals surface area (Å²) in [5.74, 6) is 1.48. The highest BCUT2D eigenvalue weighted by Gasteiger charge is 2.18. The molecule has 1 amide bonds. The summed E-state index contributed by atoms with van der Waals surface area (Å²) in [7, 11) is -3.80. The second-order valence-electron chi connectivity index (χ2n) is 7.77. The van der Waals surface area contributed by atoms with Crippen LogP contribution in [0.4, 0.5) is 5.69 Å². The number of hydrogen-bond donors (Lipinski definition) is 2. The van der Waals surface area contributed by atoms with Gasteiger partial charge in [-0.05, 0) is 55.3 Å². The Labute approximate surface area is 197 Å². The Morgan fingerprint density at radius 1 is 1.12 bits per heavy atom. The number of carbonyl (C=O) groups excluding carboxylic acids is 1. The number of amidine groups is 1. The van der Waals surface area contributed by atoms with Gasteiger partial charge in [0.1, 0.15) is 11.6 Å². The maximum atomic E-state index is 12.7. The fraction of sp³-hybridized carbons (Fsp3) is 0.304. The van der Waals surface area contributed by atoms with Gasteiger partial charge in [-0.25, -0.2) is 8.42 Å². The summed E-state index contributed by atoms with van der Waals surface area (Å²) in [5.41, 5.74) is 1.11. The molecule has 0 unspecified atom stereocenters. The van der Waals surface area contributed by atoms with E-state index in [4.69, 9.17) is 9.26 Å². The normalized spacial score (nSPS) is 14.1. The predicted octanol–water partition coefficient (Wildman–Crippen LogP) is 3.31. The van der Waals surface area contributed by atoms with Crippen molar-refractivity contribution in [3.8, 4) is 17.1 Å². The van der Waals surface area contributed by atoms with E-state index in [1.165, 1.54) is 12.1 Å². The SMILES string of the molecule is Cc1nc(-c2ccc(OCC(=O)Nc3cccc(S(=O)(=O)NC4=NCCCCC4)c3)cc2)no1. The Kier molecular flexibility index (Phi) is 7.21. The Balaban J connectivity index is 1.33. The number of aromatic nitrogens is 2. The van der Waals surface area contributed by atoms with Gasteiger partial charge in [0.15, 0.2) is 6.61 Å². The molecule has 2 aromatic carbocycles. The van der Waals surface area contributed by atoms with Crippen LogP contribution in [0.1, 0.15) is 31.6 Å². The third-order valence-corrected chi connectivity index (χ3v) is 6.44. The number of aliphatic imine (C=N–C) groups is 1. The van der Waals surface area contributed by atoms with Crippen molar-refractivity contribution < 1.29 is 22.5 Å². The van der Waals surface area contributed by atoms with E-state index in [2.05, 4.69) is 25.2 Å².